The molecule has 8 nitrogen and oxygen atoms in total. The summed E-state index contributed by atoms with van der Waals surface area (Å²) in [6.07, 6.45) is -1.64. The predicted octanol–water partition coefficient (Wildman–Crippen LogP) is -1.19. The Kier molecular flexibility index (Phi) is 2.54. The number of rotatable bonds is 1. The van der Waals surface area contributed by atoms with Crippen LogP contribution in [0.3, 0.4) is 0 Å². The molecule has 1 aromatic carbocycles. The molecule has 0 bridgehead atoms. The summed E-state index contributed by atoms with van der Waals surface area (Å²) in [6.45, 7) is 0. The summed E-state index contributed by atoms with van der Waals surface area (Å²) in [4.78, 5) is 47.8. The quantitative estimate of drug-likeness (QED) is 0.557. The first kappa shape index (κ1) is 12.3. The number of urea groups is 1. The Morgan fingerprint density at radius 3 is 2.05 bits per heavy atom. The maximum atomic E-state index is 12.2. The van der Waals surface area contributed by atoms with Gasteiger partial charge >= 0.3 is 6.03 Å². The number of hydrogen-bond acceptors (Lipinski definition) is 5. The molecule has 102 valence electrons. The topological polar surface area (TPSA) is 116 Å². The normalized spacial score (nSPS) is 25.4. The number of amides is 5. The van der Waals surface area contributed by atoms with Crippen molar-refractivity contribution in [1.82, 2.24) is 15.5 Å². The largest absolute Gasteiger partial charge is 0.371 e. The molecule has 3 N–H and O–H groups in total. The van der Waals surface area contributed by atoms with Crippen molar-refractivity contribution in [3.05, 3.63) is 35.4 Å². The lowest BCUT2D eigenvalue weighted by Gasteiger charge is -2.32. The van der Waals surface area contributed by atoms with Crippen LogP contribution in [0.4, 0.5) is 4.79 Å². The van der Waals surface area contributed by atoms with Gasteiger partial charge < -0.3 is 10.4 Å². The van der Waals surface area contributed by atoms with E-state index in [1.165, 1.54) is 12.1 Å². The maximum Gasteiger partial charge on any atom is 0.323 e. The van der Waals surface area contributed by atoms with E-state index < -0.39 is 36.0 Å². The minimum atomic E-state index is -1.64. The van der Waals surface area contributed by atoms with Crippen LogP contribution in [0.15, 0.2) is 24.3 Å². The Morgan fingerprint density at radius 1 is 1.00 bits per heavy atom. The smallest absolute Gasteiger partial charge is 0.323 e. The molecule has 3 rings (SSSR count). The highest BCUT2D eigenvalue weighted by molar-refractivity contribution is 6.23. The van der Waals surface area contributed by atoms with Crippen LogP contribution in [-0.2, 0) is 4.79 Å². The fourth-order valence-corrected chi connectivity index (χ4v) is 2.30. The van der Waals surface area contributed by atoms with E-state index in [1.807, 2.05) is 10.6 Å². The van der Waals surface area contributed by atoms with E-state index in [9.17, 15) is 24.3 Å². The Bertz CT molecular complexity index is 621. The van der Waals surface area contributed by atoms with E-state index >= 15 is 0 Å². The first-order valence-electron chi connectivity index (χ1n) is 5.77. The molecule has 2 atom stereocenters. The highest BCUT2D eigenvalue weighted by Crippen LogP contribution is 2.25. The van der Waals surface area contributed by atoms with Crippen LogP contribution in [0.5, 0.6) is 0 Å². The third kappa shape index (κ3) is 1.58. The molecule has 1 fully saturated rings. The number of carbonyl (C=O) groups is 4. The highest BCUT2D eigenvalue weighted by atomic mass is 16.3. The fourth-order valence-electron chi connectivity index (χ4n) is 2.30. The van der Waals surface area contributed by atoms with Crippen LogP contribution in [0.25, 0.3) is 0 Å². The molecule has 2 aliphatic heterocycles. The molecule has 5 amide bonds. The predicted molar refractivity (Wildman–Crippen MR) is 63.4 cm³/mol. The van der Waals surface area contributed by atoms with Crippen LogP contribution < -0.4 is 10.6 Å². The average Bonchev–Trinajstić information content (AvgIpc) is 2.64. The molecule has 1 aromatic rings. The molecule has 8 heteroatoms. The Hall–Kier alpha value is -2.74. The van der Waals surface area contributed by atoms with E-state index in [2.05, 4.69) is 0 Å². The van der Waals surface area contributed by atoms with Crippen LogP contribution in [0, 0.1) is 0 Å². The summed E-state index contributed by atoms with van der Waals surface area (Å²) < 4.78 is 0. The van der Waals surface area contributed by atoms with Gasteiger partial charge in [-0.25, -0.2) is 4.79 Å². The lowest BCUT2D eigenvalue weighted by atomic mass is 10.1. The van der Waals surface area contributed by atoms with Gasteiger partial charge in [0.2, 0.25) is 0 Å². The summed E-state index contributed by atoms with van der Waals surface area (Å²) in [5.41, 5.74) is 0.323. The van der Waals surface area contributed by atoms with E-state index in [-0.39, 0.29) is 11.1 Å². The average molecular weight is 275 g/mol. The number of aliphatic hydroxyl groups excluding tert-OH is 1. The molecule has 0 radical (unpaired) electrons. The van der Waals surface area contributed by atoms with Gasteiger partial charge in [0.05, 0.1) is 11.1 Å². The second kappa shape index (κ2) is 4.14. The zero-order valence-corrected chi connectivity index (χ0v) is 9.99. The molecule has 0 aromatic heterocycles. The number of benzene rings is 1. The summed E-state index contributed by atoms with van der Waals surface area (Å²) in [6, 6.07) is 3.73. The van der Waals surface area contributed by atoms with E-state index in [0.29, 0.717) is 4.90 Å². The summed E-state index contributed by atoms with van der Waals surface area (Å²) in [5.74, 6) is -2.27. The Balaban J connectivity index is 2.00. The van der Waals surface area contributed by atoms with Gasteiger partial charge in [-0.05, 0) is 12.1 Å². The Morgan fingerprint density at radius 2 is 1.55 bits per heavy atom. The second-order valence-electron chi connectivity index (χ2n) is 4.38. The number of fused-ring (bicyclic) bond motifs is 1. The van der Waals surface area contributed by atoms with Crippen molar-refractivity contribution in [2.75, 3.05) is 0 Å². The van der Waals surface area contributed by atoms with Crippen molar-refractivity contribution in [1.29, 1.82) is 0 Å². The zero-order chi connectivity index (χ0) is 14.4. The molecular weight excluding hydrogens is 266 g/mol. The van der Waals surface area contributed by atoms with Crippen LogP contribution in [0.2, 0.25) is 0 Å². The lowest BCUT2D eigenvalue weighted by molar-refractivity contribution is -0.129. The van der Waals surface area contributed by atoms with Gasteiger partial charge in [-0.3, -0.25) is 24.6 Å². The third-order valence-corrected chi connectivity index (χ3v) is 3.19. The third-order valence-electron chi connectivity index (χ3n) is 3.19. The summed E-state index contributed by atoms with van der Waals surface area (Å²) in [5, 5.41) is 13.7. The van der Waals surface area contributed by atoms with E-state index in [1.54, 1.807) is 12.1 Å². The second-order valence-corrected chi connectivity index (χ2v) is 4.38. The highest BCUT2D eigenvalue weighted by Gasteiger charge is 2.48. The van der Waals surface area contributed by atoms with Crippen molar-refractivity contribution >= 4 is 23.8 Å². The SMILES string of the molecule is O=C1NC(=O)C(N2C(=O)c3ccccc3C2=O)C(O)N1. The molecule has 20 heavy (non-hydrogen) atoms. The van der Waals surface area contributed by atoms with Gasteiger partial charge in [-0.2, -0.15) is 0 Å². The molecule has 2 aliphatic rings. The van der Waals surface area contributed by atoms with Crippen LogP contribution in [0.1, 0.15) is 20.7 Å². The van der Waals surface area contributed by atoms with Gasteiger partial charge in [0.1, 0.15) is 0 Å². The molecule has 0 saturated carbocycles. The monoisotopic (exact) mass is 275 g/mol. The van der Waals surface area contributed by atoms with Crippen LogP contribution >= 0.6 is 0 Å². The zero-order valence-electron chi connectivity index (χ0n) is 9.99. The van der Waals surface area contributed by atoms with Gasteiger partial charge in [-0.1, -0.05) is 12.1 Å². The van der Waals surface area contributed by atoms with Crippen molar-refractivity contribution in [2.45, 2.75) is 12.3 Å². The minimum Gasteiger partial charge on any atom is -0.371 e. The van der Waals surface area contributed by atoms with E-state index in [4.69, 9.17) is 0 Å². The lowest BCUT2D eigenvalue weighted by Crippen LogP contribution is -2.67. The van der Waals surface area contributed by atoms with Crippen molar-refractivity contribution in [3.63, 3.8) is 0 Å². The van der Waals surface area contributed by atoms with E-state index in [0.717, 1.165) is 0 Å². The fraction of sp³-hybridized carbons (Fsp3) is 0.167. The summed E-state index contributed by atoms with van der Waals surface area (Å²) in [7, 11) is 0. The number of carbonyl (C=O) groups excluding carboxylic acids is 4. The molecular formula is C12H9N3O5. The molecule has 2 unspecified atom stereocenters. The standard InChI is InChI=1S/C12H9N3O5/c16-8-7(9(17)14-12(20)13-8)15-10(18)5-3-1-2-4-6(5)11(15)19/h1-4,7-8,16H,(H2,13,14,17,20). The van der Waals surface area contributed by atoms with Gasteiger partial charge in [0.15, 0.2) is 12.3 Å². The molecule has 0 spiro atoms. The first-order chi connectivity index (χ1) is 9.50. The van der Waals surface area contributed by atoms with Crippen molar-refractivity contribution in [2.24, 2.45) is 0 Å². The van der Waals surface area contributed by atoms with Gasteiger partial charge in [0.25, 0.3) is 17.7 Å². The van der Waals surface area contributed by atoms with Gasteiger partial charge in [-0.15, -0.1) is 0 Å². The Labute approximate surface area is 112 Å². The van der Waals surface area contributed by atoms with Crippen molar-refractivity contribution in [3.8, 4) is 0 Å². The summed E-state index contributed by atoms with van der Waals surface area (Å²) >= 11 is 0. The van der Waals surface area contributed by atoms with Crippen LogP contribution in [-0.4, -0.2) is 46.0 Å². The first-order valence-corrected chi connectivity index (χ1v) is 5.77. The number of nitrogens with one attached hydrogen (secondary N) is 2. The minimum absolute atomic E-state index is 0.161. The number of imide groups is 2. The molecule has 2 heterocycles. The molecule has 0 aliphatic carbocycles. The van der Waals surface area contributed by atoms with Gasteiger partial charge in [0, 0.05) is 0 Å². The van der Waals surface area contributed by atoms with Crippen molar-refractivity contribution < 1.29 is 24.3 Å². The number of nitrogens with zero attached hydrogens (tertiary/aromatic N) is 1. The maximum absolute atomic E-state index is 12.2. The number of aliphatic hydroxyl groups is 1. The molecule has 1 saturated heterocycles. The number of hydrogen-bond donors (Lipinski definition) is 3.